The first-order valence-electron chi connectivity index (χ1n) is 7.19. The number of nitrogens with one attached hydrogen (secondary N) is 1. The van der Waals surface area contributed by atoms with E-state index in [-0.39, 0.29) is 12.1 Å². The standard InChI is InChI=1S/C14H18F2N2O2S/c15-10-4-5-11(16)14(9-10)21(19,20)17-12-6-8-18-7-2-1-3-13(12)18/h4-5,9,12-13,17H,1-3,6-8H2/t12-,13+/m0/s1. The Balaban J connectivity index is 1.81. The largest absolute Gasteiger partial charge is 0.299 e. The summed E-state index contributed by atoms with van der Waals surface area (Å²) in [4.78, 5) is 1.66. The summed E-state index contributed by atoms with van der Waals surface area (Å²) in [5.74, 6) is -1.69. The Bertz CT molecular complexity index is 636. The van der Waals surface area contributed by atoms with E-state index in [1.54, 1.807) is 0 Å². The van der Waals surface area contributed by atoms with Crippen molar-refractivity contribution in [1.29, 1.82) is 0 Å². The van der Waals surface area contributed by atoms with Crippen molar-refractivity contribution in [1.82, 2.24) is 9.62 Å². The molecule has 0 saturated carbocycles. The van der Waals surface area contributed by atoms with Crippen molar-refractivity contribution >= 4 is 10.0 Å². The Labute approximate surface area is 123 Å². The van der Waals surface area contributed by atoms with Gasteiger partial charge in [0.2, 0.25) is 10.0 Å². The summed E-state index contributed by atoms with van der Waals surface area (Å²) >= 11 is 0. The molecule has 2 fully saturated rings. The lowest BCUT2D eigenvalue weighted by molar-refractivity contribution is 0.186. The van der Waals surface area contributed by atoms with E-state index < -0.39 is 26.6 Å². The summed E-state index contributed by atoms with van der Waals surface area (Å²) in [5, 5.41) is 0. The molecule has 0 aliphatic carbocycles. The van der Waals surface area contributed by atoms with Crippen molar-refractivity contribution in [3.05, 3.63) is 29.8 Å². The molecular formula is C14H18F2N2O2S. The maximum atomic E-state index is 13.7. The highest BCUT2D eigenvalue weighted by Crippen LogP contribution is 2.28. The molecule has 7 heteroatoms. The number of benzene rings is 1. The topological polar surface area (TPSA) is 49.4 Å². The highest BCUT2D eigenvalue weighted by molar-refractivity contribution is 7.89. The van der Waals surface area contributed by atoms with Crippen molar-refractivity contribution in [3.8, 4) is 0 Å². The highest BCUT2D eigenvalue weighted by Gasteiger charge is 2.38. The molecule has 0 radical (unpaired) electrons. The SMILES string of the molecule is O=S(=O)(N[C@H]1CCN2CCCC[C@H]12)c1cc(F)ccc1F. The van der Waals surface area contributed by atoms with Crippen LogP contribution in [-0.2, 0) is 10.0 Å². The van der Waals surface area contributed by atoms with Crippen LogP contribution in [0.3, 0.4) is 0 Å². The van der Waals surface area contributed by atoms with Gasteiger partial charge in [-0.05, 0) is 44.0 Å². The first kappa shape index (κ1) is 14.9. The molecule has 3 rings (SSSR count). The van der Waals surface area contributed by atoms with Crippen LogP contribution in [0.4, 0.5) is 8.78 Å². The lowest BCUT2D eigenvalue weighted by atomic mass is 10.00. The Hall–Kier alpha value is -1.05. The minimum Gasteiger partial charge on any atom is -0.299 e. The Morgan fingerprint density at radius 2 is 1.95 bits per heavy atom. The number of piperidine rings is 1. The minimum atomic E-state index is -4.04. The van der Waals surface area contributed by atoms with Gasteiger partial charge in [-0.3, -0.25) is 4.90 Å². The van der Waals surface area contributed by atoms with Gasteiger partial charge in [-0.25, -0.2) is 21.9 Å². The summed E-state index contributed by atoms with van der Waals surface area (Å²) < 4.78 is 54.0. The molecule has 116 valence electrons. The van der Waals surface area contributed by atoms with Gasteiger partial charge in [-0.15, -0.1) is 0 Å². The second kappa shape index (κ2) is 5.62. The number of halogens is 2. The normalized spacial score (nSPS) is 26.8. The predicted octanol–water partition coefficient (Wildman–Crippen LogP) is 1.87. The molecule has 2 saturated heterocycles. The predicted molar refractivity (Wildman–Crippen MR) is 74.3 cm³/mol. The molecule has 2 aliphatic heterocycles. The molecule has 2 heterocycles. The monoisotopic (exact) mass is 316 g/mol. The average Bonchev–Trinajstić information content (AvgIpc) is 2.84. The van der Waals surface area contributed by atoms with Crippen LogP contribution in [0.1, 0.15) is 25.7 Å². The second-order valence-electron chi connectivity index (χ2n) is 5.69. The van der Waals surface area contributed by atoms with Gasteiger partial charge >= 0.3 is 0 Å². The molecule has 0 bridgehead atoms. The lowest BCUT2D eigenvalue weighted by Gasteiger charge is -2.32. The van der Waals surface area contributed by atoms with Gasteiger partial charge in [0.05, 0.1) is 0 Å². The van der Waals surface area contributed by atoms with Crippen LogP contribution in [0.5, 0.6) is 0 Å². The molecule has 1 aromatic rings. The molecular weight excluding hydrogens is 298 g/mol. The van der Waals surface area contributed by atoms with Crippen LogP contribution < -0.4 is 4.72 Å². The highest BCUT2D eigenvalue weighted by atomic mass is 32.2. The van der Waals surface area contributed by atoms with E-state index in [9.17, 15) is 17.2 Å². The van der Waals surface area contributed by atoms with Gasteiger partial charge in [-0.2, -0.15) is 0 Å². The molecule has 21 heavy (non-hydrogen) atoms. The lowest BCUT2D eigenvalue weighted by Crippen LogP contribution is -2.46. The summed E-state index contributed by atoms with van der Waals surface area (Å²) in [6, 6.07) is 2.42. The van der Waals surface area contributed by atoms with Crippen molar-refractivity contribution in [2.75, 3.05) is 13.1 Å². The van der Waals surface area contributed by atoms with Gasteiger partial charge in [0, 0.05) is 18.6 Å². The van der Waals surface area contributed by atoms with Crippen LogP contribution in [0, 0.1) is 11.6 Å². The maximum absolute atomic E-state index is 13.7. The van der Waals surface area contributed by atoms with E-state index in [1.165, 1.54) is 0 Å². The third-order valence-electron chi connectivity index (χ3n) is 4.35. The Kier molecular flexibility index (Phi) is 3.98. The maximum Gasteiger partial charge on any atom is 0.243 e. The summed E-state index contributed by atoms with van der Waals surface area (Å²) in [5.41, 5.74) is 0. The van der Waals surface area contributed by atoms with E-state index in [2.05, 4.69) is 9.62 Å². The van der Waals surface area contributed by atoms with Crippen LogP contribution >= 0.6 is 0 Å². The van der Waals surface area contributed by atoms with Gasteiger partial charge < -0.3 is 0 Å². The third-order valence-corrected chi connectivity index (χ3v) is 5.85. The van der Waals surface area contributed by atoms with Crippen molar-refractivity contribution < 1.29 is 17.2 Å². The fraction of sp³-hybridized carbons (Fsp3) is 0.571. The van der Waals surface area contributed by atoms with E-state index >= 15 is 0 Å². The number of rotatable bonds is 3. The molecule has 2 atom stereocenters. The van der Waals surface area contributed by atoms with Crippen LogP contribution in [0.15, 0.2) is 23.1 Å². The van der Waals surface area contributed by atoms with Crippen molar-refractivity contribution in [3.63, 3.8) is 0 Å². The molecule has 0 amide bonds. The molecule has 0 unspecified atom stereocenters. The number of fused-ring (bicyclic) bond motifs is 1. The van der Waals surface area contributed by atoms with Gasteiger partial charge in [-0.1, -0.05) is 6.42 Å². The fourth-order valence-corrected chi connectivity index (χ4v) is 4.72. The first-order valence-corrected chi connectivity index (χ1v) is 8.67. The van der Waals surface area contributed by atoms with Gasteiger partial charge in [0.1, 0.15) is 16.5 Å². The van der Waals surface area contributed by atoms with E-state index in [1.807, 2.05) is 0 Å². The van der Waals surface area contributed by atoms with Crippen molar-refractivity contribution in [2.24, 2.45) is 0 Å². The minimum absolute atomic E-state index is 0.171. The molecule has 4 nitrogen and oxygen atoms in total. The number of nitrogens with zero attached hydrogens (tertiary/aromatic N) is 1. The molecule has 0 spiro atoms. The zero-order valence-electron chi connectivity index (χ0n) is 11.6. The van der Waals surface area contributed by atoms with E-state index in [4.69, 9.17) is 0 Å². The second-order valence-corrected chi connectivity index (χ2v) is 7.37. The van der Waals surface area contributed by atoms with Crippen molar-refractivity contribution in [2.45, 2.75) is 42.7 Å². The first-order chi connectivity index (χ1) is 9.97. The molecule has 1 aromatic carbocycles. The zero-order chi connectivity index (χ0) is 15.0. The summed E-state index contributed by atoms with van der Waals surface area (Å²) in [7, 11) is -4.04. The summed E-state index contributed by atoms with van der Waals surface area (Å²) in [6.45, 7) is 1.83. The van der Waals surface area contributed by atoms with Gasteiger partial charge in [0.25, 0.3) is 0 Å². The smallest absolute Gasteiger partial charge is 0.243 e. The molecule has 2 aliphatic rings. The number of hydrogen-bond acceptors (Lipinski definition) is 3. The Morgan fingerprint density at radius 1 is 1.14 bits per heavy atom. The summed E-state index contributed by atoms with van der Waals surface area (Å²) in [6.07, 6.45) is 3.86. The molecule has 0 aromatic heterocycles. The third kappa shape index (κ3) is 2.95. The van der Waals surface area contributed by atoms with E-state index in [0.29, 0.717) is 6.42 Å². The average molecular weight is 316 g/mol. The van der Waals surface area contributed by atoms with E-state index in [0.717, 1.165) is 50.6 Å². The van der Waals surface area contributed by atoms with Crippen LogP contribution in [0.2, 0.25) is 0 Å². The van der Waals surface area contributed by atoms with Crippen LogP contribution in [-0.4, -0.2) is 38.5 Å². The quantitative estimate of drug-likeness (QED) is 0.926. The van der Waals surface area contributed by atoms with Gasteiger partial charge in [0.15, 0.2) is 0 Å². The number of sulfonamides is 1. The number of hydrogen-bond donors (Lipinski definition) is 1. The van der Waals surface area contributed by atoms with Crippen LogP contribution in [0.25, 0.3) is 0 Å². The Morgan fingerprint density at radius 3 is 2.76 bits per heavy atom. The zero-order valence-corrected chi connectivity index (χ0v) is 12.4. The fourth-order valence-electron chi connectivity index (χ4n) is 3.33. The molecule has 1 N–H and O–H groups in total.